The normalized spacial score (nSPS) is 11.0. The Labute approximate surface area is 135 Å². The Morgan fingerprint density at radius 1 is 1.19 bits per heavy atom. The quantitative estimate of drug-likeness (QED) is 0.687. The van der Waals surface area contributed by atoms with Crippen LogP contribution < -0.4 is 0 Å². The highest BCUT2D eigenvalue weighted by atomic mass is 35.5. The molecule has 0 radical (unpaired) electrons. The van der Waals surface area contributed by atoms with Crippen LogP contribution in [0.3, 0.4) is 0 Å². The number of carbonyl (C=O) groups is 1. The van der Waals surface area contributed by atoms with Gasteiger partial charge in [-0.2, -0.15) is 0 Å². The molecular formula is C15H19Cl2NO3. The minimum Gasteiger partial charge on any atom is -0.383 e. The lowest BCUT2D eigenvalue weighted by Gasteiger charge is -2.20. The average Bonchev–Trinajstić information content (AvgIpc) is 2.46. The number of benzene rings is 1. The van der Waals surface area contributed by atoms with Gasteiger partial charge in [0.15, 0.2) is 0 Å². The molecule has 0 aromatic heterocycles. The molecule has 6 heteroatoms. The van der Waals surface area contributed by atoms with Crippen molar-refractivity contribution >= 4 is 35.2 Å². The molecule has 0 unspecified atom stereocenters. The summed E-state index contributed by atoms with van der Waals surface area (Å²) in [5.41, 5.74) is 0.743. The van der Waals surface area contributed by atoms with Crippen molar-refractivity contribution in [1.29, 1.82) is 0 Å². The SMILES string of the molecule is COCCN(CCOC)C(=O)/C=C/c1ccc(Cl)cc1Cl. The van der Waals surface area contributed by atoms with Crippen molar-refractivity contribution in [2.45, 2.75) is 0 Å². The maximum atomic E-state index is 12.2. The number of amides is 1. The Bertz CT molecular complexity index is 484. The Morgan fingerprint density at radius 3 is 2.33 bits per heavy atom. The molecule has 0 heterocycles. The summed E-state index contributed by atoms with van der Waals surface area (Å²) in [7, 11) is 3.20. The van der Waals surface area contributed by atoms with Crippen molar-refractivity contribution in [3.8, 4) is 0 Å². The van der Waals surface area contributed by atoms with Crippen molar-refractivity contribution in [2.24, 2.45) is 0 Å². The third kappa shape index (κ3) is 6.48. The number of ether oxygens (including phenoxy) is 2. The Hall–Kier alpha value is -1.07. The lowest BCUT2D eigenvalue weighted by atomic mass is 10.2. The summed E-state index contributed by atoms with van der Waals surface area (Å²) in [6, 6.07) is 5.13. The second-order valence-corrected chi connectivity index (χ2v) is 5.15. The average molecular weight is 332 g/mol. The molecule has 0 N–H and O–H groups in total. The molecule has 0 aliphatic rings. The van der Waals surface area contributed by atoms with E-state index in [9.17, 15) is 4.79 Å². The summed E-state index contributed by atoms with van der Waals surface area (Å²) >= 11 is 11.9. The molecule has 1 aromatic rings. The molecule has 21 heavy (non-hydrogen) atoms. The van der Waals surface area contributed by atoms with Gasteiger partial charge in [0.25, 0.3) is 0 Å². The van der Waals surface area contributed by atoms with Crippen LogP contribution in [0, 0.1) is 0 Å². The van der Waals surface area contributed by atoms with E-state index >= 15 is 0 Å². The first kappa shape index (κ1) is 18.0. The predicted molar refractivity (Wildman–Crippen MR) is 85.8 cm³/mol. The van der Waals surface area contributed by atoms with Gasteiger partial charge in [0.2, 0.25) is 5.91 Å². The maximum absolute atomic E-state index is 12.2. The number of carbonyl (C=O) groups excluding carboxylic acids is 1. The first-order chi connectivity index (χ1) is 10.1. The summed E-state index contributed by atoms with van der Waals surface area (Å²) in [4.78, 5) is 13.8. The van der Waals surface area contributed by atoms with Crippen molar-refractivity contribution in [2.75, 3.05) is 40.5 Å². The van der Waals surface area contributed by atoms with Crippen LogP contribution in [0.15, 0.2) is 24.3 Å². The summed E-state index contributed by atoms with van der Waals surface area (Å²) in [6.07, 6.45) is 3.16. The third-order valence-corrected chi connectivity index (χ3v) is 3.37. The molecule has 4 nitrogen and oxygen atoms in total. The van der Waals surface area contributed by atoms with Crippen molar-refractivity contribution < 1.29 is 14.3 Å². The Balaban J connectivity index is 2.72. The van der Waals surface area contributed by atoms with Crippen molar-refractivity contribution in [3.05, 3.63) is 39.9 Å². The van der Waals surface area contributed by atoms with E-state index in [0.29, 0.717) is 36.3 Å². The minimum atomic E-state index is -0.116. The standard InChI is InChI=1S/C15H19Cl2NO3/c1-20-9-7-18(8-10-21-2)15(19)6-4-12-3-5-13(16)11-14(12)17/h3-6,11H,7-10H2,1-2H3/b6-4+. The van der Waals surface area contributed by atoms with E-state index in [1.807, 2.05) is 0 Å². The van der Waals surface area contributed by atoms with Crippen molar-refractivity contribution in [1.82, 2.24) is 4.90 Å². The van der Waals surface area contributed by atoms with Crippen LogP contribution in [0.5, 0.6) is 0 Å². The van der Waals surface area contributed by atoms with Crippen LogP contribution in [-0.4, -0.2) is 51.3 Å². The van der Waals surface area contributed by atoms with Gasteiger partial charge in [0, 0.05) is 43.4 Å². The van der Waals surface area contributed by atoms with Gasteiger partial charge in [0.1, 0.15) is 0 Å². The number of methoxy groups -OCH3 is 2. The predicted octanol–water partition coefficient (Wildman–Crippen LogP) is 3.13. The topological polar surface area (TPSA) is 38.8 Å². The molecule has 0 aliphatic carbocycles. The van der Waals surface area contributed by atoms with E-state index in [1.54, 1.807) is 43.4 Å². The zero-order valence-corrected chi connectivity index (χ0v) is 13.7. The van der Waals surface area contributed by atoms with Gasteiger partial charge >= 0.3 is 0 Å². The zero-order valence-electron chi connectivity index (χ0n) is 12.1. The zero-order chi connectivity index (χ0) is 15.7. The highest BCUT2D eigenvalue weighted by Gasteiger charge is 2.10. The monoisotopic (exact) mass is 331 g/mol. The molecule has 1 rings (SSSR count). The first-order valence-corrected chi connectivity index (χ1v) is 7.24. The highest BCUT2D eigenvalue weighted by Crippen LogP contribution is 2.22. The van der Waals surface area contributed by atoms with E-state index < -0.39 is 0 Å². The highest BCUT2D eigenvalue weighted by molar-refractivity contribution is 6.35. The van der Waals surface area contributed by atoms with Gasteiger partial charge in [0.05, 0.1) is 13.2 Å². The van der Waals surface area contributed by atoms with E-state index in [2.05, 4.69) is 0 Å². The van der Waals surface area contributed by atoms with E-state index in [4.69, 9.17) is 32.7 Å². The second kappa shape index (κ2) is 9.79. The molecule has 0 bridgehead atoms. The summed E-state index contributed by atoms with van der Waals surface area (Å²) in [5, 5.41) is 1.07. The van der Waals surface area contributed by atoms with Crippen LogP contribution in [0.1, 0.15) is 5.56 Å². The van der Waals surface area contributed by atoms with Gasteiger partial charge in [-0.3, -0.25) is 4.79 Å². The molecule has 0 aliphatic heterocycles. The Kier molecular flexibility index (Phi) is 8.38. The van der Waals surface area contributed by atoms with Crippen LogP contribution in [-0.2, 0) is 14.3 Å². The van der Waals surface area contributed by atoms with Crippen molar-refractivity contribution in [3.63, 3.8) is 0 Å². The van der Waals surface area contributed by atoms with Gasteiger partial charge in [-0.25, -0.2) is 0 Å². The second-order valence-electron chi connectivity index (χ2n) is 4.31. The molecule has 1 aromatic carbocycles. The third-order valence-electron chi connectivity index (χ3n) is 2.81. The number of hydrogen-bond acceptors (Lipinski definition) is 3. The largest absolute Gasteiger partial charge is 0.383 e. The molecule has 0 fully saturated rings. The summed E-state index contributed by atoms with van der Waals surface area (Å²) < 4.78 is 10.0. The fraction of sp³-hybridized carbons (Fsp3) is 0.400. The van der Waals surface area contributed by atoms with E-state index in [1.165, 1.54) is 6.08 Å². The van der Waals surface area contributed by atoms with E-state index in [-0.39, 0.29) is 5.91 Å². The fourth-order valence-corrected chi connectivity index (χ4v) is 2.11. The molecule has 0 saturated carbocycles. The number of halogens is 2. The number of rotatable bonds is 8. The van der Waals surface area contributed by atoms with Gasteiger partial charge in [-0.05, 0) is 23.8 Å². The van der Waals surface area contributed by atoms with Crippen LogP contribution in [0.2, 0.25) is 10.0 Å². The summed E-state index contributed by atoms with van der Waals surface area (Å²) in [5.74, 6) is -0.116. The lowest BCUT2D eigenvalue weighted by Crippen LogP contribution is -2.35. The smallest absolute Gasteiger partial charge is 0.246 e. The van der Waals surface area contributed by atoms with Gasteiger partial charge in [-0.1, -0.05) is 29.3 Å². The maximum Gasteiger partial charge on any atom is 0.246 e. The lowest BCUT2D eigenvalue weighted by molar-refractivity contribution is -0.127. The fourth-order valence-electron chi connectivity index (χ4n) is 1.64. The number of nitrogens with zero attached hydrogens (tertiary/aromatic N) is 1. The van der Waals surface area contributed by atoms with Crippen LogP contribution in [0.25, 0.3) is 6.08 Å². The molecule has 116 valence electrons. The van der Waals surface area contributed by atoms with Gasteiger partial charge < -0.3 is 14.4 Å². The van der Waals surface area contributed by atoms with Crippen LogP contribution >= 0.6 is 23.2 Å². The first-order valence-electron chi connectivity index (χ1n) is 6.48. The molecule has 0 atom stereocenters. The molecule has 0 spiro atoms. The van der Waals surface area contributed by atoms with Crippen LogP contribution in [0.4, 0.5) is 0 Å². The number of hydrogen-bond donors (Lipinski definition) is 0. The van der Waals surface area contributed by atoms with E-state index in [0.717, 1.165) is 5.56 Å². The molecular weight excluding hydrogens is 313 g/mol. The summed E-state index contributed by atoms with van der Waals surface area (Å²) in [6.45, 7) is 1.98. The molecule has 0 saturated heterocycles. The van der Waals surface area contributed by atoms with Gasteiger partial charge in [-0.15, -0.1) is 0 Å². The molecule has 1 amide bonds. The Morgan fingerprint density at radius 2 is 1.81 bits per heavy atom. The minimum absolute atomic E-state index is 0.116.